The second-order valence-corrected chi connectivity index (χ2v) is 6.27. The van der Waals surface area contributed by atoms with E-state index < -0.39 is 8.45 Å². The van der Waals surface area contributed by atoms with Crippen molar-refractivity contribution in [1.82, 2.24) is 4.67 Å². The number of carbonyl (C=O) groups is 1. The van der Waals surface area contributed by atoms with Crippen molar-refractivity contribution in [2.24, 2.45) is 0 Å². The number of para-hydroxylation sites is 1. The number of fused-ring (bicyclic) bond motifs is 1. The van der Waals surface area contributed by atoms with Crippen molar-refractivity contribution >= 4 is 36.0 Å². The van der Waals surface area contributed by atoms with Crippen molar-refractivity contribution in [3.8, 4) is 0 Å². The molecule has 1 unspecified atom stereocenters. The Bertz CT molecular complexity index is 444. The number of nitrogens with zero attached hydrogens (tertiary/aromatic N) is 2. The minimum absolute atomic E-state index is 0.126. The summed E-state index contributed by atoms with van der Waals surface area (Å²) in [6.45, 7) is 3.13. The highest BCUT2D eigenvalue weighted by atomic mass is 79.9. The molecule has 0 saturated heterocycles. The molecule has 0 aromatic heterocycles. The van der Waals surface area contributed by atoms with E-state index in [0.717, 1.165) is 17.4 Å². The first-order chi connectivity index (χ1) is 8.70. The zero-order valence-electron chi connectivity index (χ0n) is 10.2. The van der Waals surface area contributed by atoms with Gasteiger partial charge in [0.1, 0.15) is 0 Å². The zero-order valence-corrected chi connectivity index (χ0v) is 12.7. The fraction of sp³-hybridized carbons (Fsp3) is 0.417. The minimum Gasteiger partial charge on any atom is -0.796 e. The van der Waals surface area contributed by atoms with Gasteiger partial charge >= 0.3 is 0 Å². The van der Waals surface area contributed by atoms with Crippen LogP contribution in [0.25, 0.3) is 0 Å². The summed E-state index contributed by atoms with van der Waals surface area (Å²) in [5.74, 6) is -0.126. The molecule has 4 nitrogen and oxygen atoms in total. The molecule has 98 valence electrons. The van der Waals surface area contributed by atoms with Gasteiger partial charge in [0.05, 0.1) is 11.3 Å². The van der Waals surface area contributed by atoms with Crippen LogP contribution >= 0.6 is 24.4 Å². The smallest absolute Gasteiger partial charge is 0.259 e. The quantitative estimate of drug-likeness (QED) is 0.629. The Kier molecular flexibility index (Phi) is 4.60. The highest BCUT2D eigenvalue weighted by molar-refractivity contribution is 9.09. The number of hydrogen-bond acceptors (Lipinski definition) is 3. The maximum Gasteiger partial charge on any atom is 0.259 e. The molecular formula is C12H15BrN2O2P-. The topological polar surface area (TPSA) is 46.6 Å². The molecule has 0 radical (unpaired) electrons. The van der Waals surface area contributed by atoms with E-state index in [0.29, 0.717) is 18.7 Å². The molecule has 0 fully saturated rings. The summed E-state index contributed by atoms with van der Waals surface area (Å²) in [5.41, 5.74) is 1.41. The lowest BCUT2D eigenvalue weighted by Gasteiger charge is -2.49. The van der Waals surface area contributed by atoms with E-state index in [4.69, 9.17) is 0 Å². The third-order valence-electron chi connectivity index (χ3n) is 2.79. The number of alkyl halides is 1. The van der Waals surface area contributed by atoms with E-state index in [1.165, 1.54) is 4.67 Å². The van der Waals surface area contributed by atoms with Crippen LogP contribution in [0.15, 0.2) is 24.3 Å². The lowest BCUT2D eigenvalue weighted by molar-refractivity contribution is -0.169. The first-order valence-corrected chi connectivity index (χ1v) is 8.20. The van der Waals surface area contributed by atoms with E-state index in [9.17, 15) is 9.69 Å². The molecule has 1 aromatic carbocycles. The number of amides is 1. The van der Waals surface area contributed by atoms with E-state index in [1.807, 2.05) is 25.1 Å². The fourth-order valence-corrected chi connectivity index (χ4v) is 4.16. The van der Waals surface area contributed by atoms with Crippen LogP contribution in [0.3, 0.4) is 0 Å². The SMILES string of the molecule is CCCN1C(=O)c2ccccc2N(CCBr)P1[O-]. The molecule has 0 spiro atoms. The number of hydrogen-bond donors (Lipinski definition) is 0. The normalized spacial score (nSPS) is 19.1. The molecule has 1 heterocycles. The number of carbonyl (C=O) groups excluding carboxylic acids is 1. The second-order valence-electron chi connectivity index (χ2n) is 4.01. The predicted molar refractivity (Wildman–Crippen MR) is 75.8 cm³/mol. The van der Waals surface area contributed by atoms with E-state index in [2.05, 4.69) is 15.9 Å². The number of benzene rings is 1. The first-order valence-electron chi connectivity index (χ1n) is 5.92. The molecule has 0 N–H and O–H groups in total. The summed E-state index contributed by atoms with van der Waals surface area (Å²) in [6, 6.07) is 7.36. The Labute approximate surface area is 117 Å². The van der Waals surface area contributed by atoms with Gasteiger partial charge in [-0.15, -0.1) is 0 Å². The molecular weight excluding hydrogens is 315 g/mol. The third-order valence-corrected chi connectivity index (χ3v) is 4.77. The van der Waals surface area contributed by atoms with Gasteiger partial charge in [0.2, 0.25) is 0 Å². The van der Waals surface area contributed by atoms with E-state index >= 15 is 0 Å². The van der Waals surface area contributed by atoms with Crippen molar-refractivity contribution in [2.45, 2.75) is 13.3 Å². The Morgan fingerprint density at radius 1 is 1.28 bits per heavy atom. The van der Waals surface area contributed by atoms with Gasteiger partial charge in [-0.2, -0.15) is 0 Å². The van der Waals surface area contributed by atoms with Crippen LogP contribution in [0.4, 0.5) is 5.69 Å². The standard InChI is InChI=1S/C12H15BrN2O2P/c1-2-8-15-12(16)10-5-3-4-6-11(10)14(9-7-13)18(15)17/h3-6H,2,7-9H2,1H3/q-1. The van der Waals surface area contributed by atoms with Crippen LogP contribution in [-0.2, 0) is 0 Å². The Morgan fingerprint density at radius 3 is 2.67 bits per heavy atom. The average Bonchev–Trinajstić information content (AvgIpc) is 2.39. The van der Waals surface area contributed by atoms with Crippen LogP contribution < -0.4 is 9.56 Å². The highest BCUT2D eigenvalue weighted by Crippen LogP contribution is 2.46. The Balaban J connectivity index is 2.42. The van der Waals surface area contributed by atoms with Gasteiger partial charge in [-0.3, -0.25) is 4.79 Å². The zero-order chi connectivity index (χ0) is 13.1. The van der Waals surface area contributed by atoms with Gasteiger partial charge in [0.25, 0.3) is 5.91 Å². The average molecular weight is 330 g/mol. The maximum absolute atomic E-state index is 12.4. The van der Waals surface area contributed by atoms with E-state index in [1.54, 1.807) is 10.7 Å². The van der Waals surface area contributed by atoms with Gasteiger partial charge in [0, 0.05) is 26.9 Å². The largest absolute Gasteiger partial charge is 0.796 e. The number of anilines is 1. The minimum atomic E-state index is -1.82. The van der Waals surface area contributed by atoms with Gasteiger partial charge < -0.3 is 14.2 Å². The molecule has 0 saturated carbocycles. The number of rotatable bonds is 4. The molecule has 0 aliphatic carbocycles. The molecule has 18 heavy (non-hydrogen) atoms. The highest BCUT2D eigenvalue weighted by Gasteiger charge is 2.30. The summed E-state index contributed by atoms with van der Waals surface area (Å²) in [6.07, 6.45) is 0.803. The second kappa shape index (κ2) is 6.00. The first kappa shape index (κ1) is 13.8. The predicted octanol–water partition coefficient (Wildman–Crippen LogP) is 2.34. The van der Waals surface area contributed by atoms with Crippen LogP contribution in [-0.4, -0.2) is 29.0 Å². The summed E-state index contributed by atoms with van der Waals surface area (Å²) in [5, 5.41) is 0.719. The van der Waals surface area contributed by atoms with Crippen molar-refractivity contribution < 1.29 is 9.69 Å². The molecule has 2 rings (SSSR count). The van der Waals surface area contributed by atoms with Crippen molar-refractivity contribution in [3.63, 3.8) is 0 Å². The lowest BCUT2D eigenvalue weighted by atomic mass is 10.1. The molecule has 1 aliphatic rings. The lowest BCUT2D eigenvalue weighted by Crippen LogP contribution is -2.43. The van der Waals surface area contributed by atoms with Crippen molar-refractivity contribution in [1.29, 1.82) is 0 Å². The molecule has 6 heteroatoms. The van der Waals surface area contributed by atoms with Crippen LogP contribution in [0.1, 0.15) is 23.7 Å². The van der Waals surface area contributed by atoms with Crippen molar-refractivity contribution in [3.05, 3.63) is 29.8 Å². The van der Waals surface area contributed by atoms with Crippen molar-refractivity contribution in [2.75, 3.05) is 23.1 Å². The Hall–Kier alpha value is -0.640. The van der Waals surface area contributed by atoms with Gasteiger partial charge in [-0.25, -0.2) is 0 Å². The van der Waals surface area contributed by atoms with Gasteiger partial charge in [0.15, 0.2) is 0 Å². The molecule has 0 bridgehead atoms. The maximum atomic E-state index is 12.4. The Morgan fingerprint density at radius 2 is 2.00 bits per heavy atom. The molecule has 1 aromatic rings. The van der Waals surface area contributed by atoms with Gasteiger partial charge in [-0.05, 0) is 18.6 Å². The summed E-state index contributed by atoms with van der Waals surface area (Å²) in [7, 11) is -1.82. The molecule has 1 aliphatic heterocycles. The summed E-state index contributed by atoms with van der Waals surface area (Å²) < 4.78 is 3.27. The van der Waals surface area contributed by atoms with Crippen LogP contribution in [0.2, 0.25) is 0 Å². The van der Waals surface area contributed by atoms with E-state index in [-0.39, 0.29) is 5.91 Å². The molecule has 1 amide bonds. The van der Waals surface area contributed by atoms with Crippen LogP contribution in [0.5, 0.6) is 0 Å². The number of halogens is 1. The molecule has 1 atom stereocenters. The fourth-order valence-electron chi connectivity index (χ4n) is 2.00. The monoisotopic (exact) mass is 329 g/mol. The van der Waals surface area contributed by atoms with Gasteiger partial charge in [-0.1, -0.05) is 35.0 Å². The summed E-state index contributed by atoms with van der Waals surface area (Å²) in [4.78, 5) is 24.7. The van der Waals surface area contributed by atoms with Crippen LogP contribution in [0, 0.1) is 0 Å². The third kappa shape index (κ3) is 2.40. The summed E-state index contributed by atoms with van der Waals surface area (Å²) >= 11 is 3.36.